The van der Waals surface area contributed by atoms with Crippen LogP contribution in [0.5, 0.6) is 5.75 Å². The number of rotatable bonds is 8. The molecule has 0 saturated carbocycles. The zero-order chi connectivity index (χ0) is 14.3. The molecule has 0 heterocycles. The van der Waals surface area contributed by atoms with E-state index in [9.17, 15) is 8.78 Å². The summed E-state index contributed by atoms with van der Waals surface area (Å²) in [6, 6.07) is 4.65. The molecule has 2 nitrogen and oxygen atoms in total. The highest BCUT2D eigenvalue weighted by molar-refractivity contribution is 7.99. The number of hydrogen-bond donors (Lipinski definition) is 1. The van der Waals surface area contributed by atoms with Gasteiger partial charge in [-0.2, -0.15) is 20.5 Å². The molecule has 1 atom stereocenters. The van der Waals surface area contributed by atoms with Gasteiger partial charge in [-0.25, -0.2) is 0 Å². The summed E-state index contributed by atoms with van der Waals surface area (Å²) in [7, 11) is 0. The summed E-state index contributed by atoms with van der Waals surface area (Å²) in [6.45, 7) is 0.611. The molecule has 0 radical (unpaired) electrons. The van der Waals surface area contributed by atoms with Crippen LogP contribution in [0.15, 0.2) is 18.2 Å². The predicted octanol–water partition coefficient (Wildman–Crippen LogP) is 4.17. The number of hydrogen-bond acceptors (Lipinski definition) is 3. The summed E-state index contributed by atoms with van der Waals surface area (Å²) in [5.74, 6) is 0.171. The maximum atomic E-state index is 12.3. The lowest BCUT2D eigenvalue weighted by molar-refractivity contribution is -0.0504. The Bertz CT molecular complexity index is 393. The van der Waals surface area contributed by atoms with E-state index in [0.29, 0.717) is 22.4 Å². The van der Waals surface area contributed by atoms with Crippen molar-refractivity contribution >= 4 is 23.4 Å². The zero-order valence-electron chi connectivity index (χ0n) is 11.0. The summed E-state index contributed by atoms with van der Waals surface area (Å²) in [4.78, 5) is 0. The summed E-state index contributed by atoms with van der Waals surface area (Å²) < 4.78 is 29.0. The first-order valence-electron chi connectivity index (χ1n) is 5.99. The molecular formula is C13H18ClF2NOS. The molecule has 1 aromatic carbocycles. The molecule has 0 aliphatic heterocycles. The maximum absolute atomic E-state index is 12.3. The SMILES string of the molecule is CSC(C)CCNCc1cc(Cl)ccc1OC(F)F. The lowest BCUT2D eigenvalue weighted by atomic mass is 10.2. The first-order chi connectivity index (χ1) is 9.02. The summed E-state index contributed by atoms with van der Waals surface area (Å²) >= 11 is 7.66. The van der Waals surface area contributed by atoms with Crippen molar-refractivity contribution in [3.8, 4) is 5.75 Å². The standard InChI is InChI=1S/C13H18ClF2NOS/c1-9(19-2)5-6-17-8-10-7-11(14)3-4-12(10)18-13(15)16/h3-4,7,9,13,17H,5-6,8H2,1-2H3. The quantitative estimate of drug-likeness (QED) is 0.728. The van der Waals surface area contributed by atoms with Crippen LogP contribution in [0.1, 0.15) is 18.9 Å². The van der Waals surface area contributed by atoms with Gasteiger partial charge in [-0.1, -0.05) is 18.5 Å². The van der Waals surface area contributed by atoms with Crippen molar-refractivity contribution in [2.75, 3.05) is 12.8 Å². The molecule has 0 aliphatic rings. The Hall–Kier alpha value is -0.520. The van der Waals surface area contributed by atoms with E-state index in [4.69, 9.17) is 11.6 Å². The molecule has 0 amide bonds. The van der Waals surface area contributed by atoms with Gasteiger partial charge in [0.25, 0.3) is 0 Å². The fourth-order valence-electron chi connectivity index (χ4n) is 1.54. The Morgan fingerprint density at radius 1 is 1.42 bits per heavy atom. The fraction of sp³-hybridized carbons (Fsp3) is 0.538. The number of alkyl halides is 2. The largest absolute Gasteiger partial charge is 0.434 e. The molecule has 1 N–H and O–H groups in total. The van der Waals surface area contributed by atoms with Crippen molar-refractivity contribution in [3.63, 3.8) is 0 Å². The molecular weight excluding hydrogens is 292 g/mol. The molecule has 0 spiro atoms. The van der Waals surface area contributed by atoms with Crippen molar-refractivity contribution in [2.24, 2.45) is 0 Å². The van der Waals surface area contributed by atoms with Crippen molar-refractivity contribution in [1.82, 2.24) is 5.32 Å². The van der Waals surface area contributed by atoms with Gasteiger partial charge in [-0.05, 0) is 37.4 Å². The van der Waals surface area contributed by atoms with Crippen molar-refractivity contribution in [1.29, 1.82) is 0 Å². The number of benzene rings is 1. The predicted molar refractivity (Wildman–Crippen MR) is 77.4 cm³/mol. The van der Waals surface area contributed by atoms with Crippen LogP contribution in [0.4, 0.5) is 8.78 Å². The minimum atomic E-state index is -2.82. The highest BCUT2D eigenvalue weighted by Gasteiger charge is 2.10. The van der Waals surface area contributed by atoms with E-state index in [2.05, 4.69) is 23.2 Å². The Balaban J connectivity index is 2.53. The van der Waals surface area contributed by atoms with E-state index in [1.54, 1.807) is 23.9 Å². The lowest BCUT2D eigenvalue weighted by Crippen LogP contribution is -2.18. The van der Waals surface area contributed by atoms with Crippen LogP contribution in [0.3, 0.4) is 0 Å². The molecule has 108 valence electrons. The van der Waals surface area contributed by atoms with Crippen LogP contribution in [0.25, 0.3) is 0 Å². The third-order valence-electron chi connectivity index (χ3n) is 2.68. The van der Waals surface area contributed by atoms with Gasteiger partial charge in [-0.15, -0.1) is 0 Å². The Morgan fingerprint density at radius 3 is 2.79 bits per heavy atom. The normalized spacial score (nSPS) is 12.7. The third-order valence-corrected chi connectivity index (χ3v) is 3.96. The van der Waals surface area contributed by atoms with Crippen molar-refractivity contribution in [2.45, 2.75) is 31.8 Å². The molecule has 0 saturated heterocycles. The van der Waals surface area contributed by atoms with E-state index >= 15 is 0 Å². The molecule has 0 aliphatic carbocycles. The van der Waals surface area contributed by atoms with Crippen LogP contribution in [0.2, 0.25) is 5.02 Å². The number of ether oxygens (including phenoxy) is 1. The van der Waals surface area contributed by atoms with Crippen LogP contribution in [-0.4, -0.2) is 24.7 Å². The molecule has 0 aromatic heterocycles. The minimum absolute atomic E-state index is 0.171. The molecule has 0 fully saturated rings. The topological polar surface area (TPSA) is 21.3 Å². The van der Waals surface area contributed by atoms with Crippen molar-refractivity contribution < 1.29 is 13.5 Å². The molecule has 6 heteroatoms. The summed E-state index contributed by atoms with van der Waals surface area (Å²) in [5, 5.41) is 4.29. The van der Waals surface area contributed by atoms with Gasteiger partial charge in [0.05, 0.1) is 0 Å². The number of nitrogens with one attached hydrogen (secondary N) is 1. The lowest BCUT2D eigenvalue weighted by Gasteiger charge is -2.13. The number of thioether (sulfide) groups is 1. The molecule has 1 aromatic rings. The van der Waals surface area contributed by atoms with Gasteiger partial charge in [0.2, 0.25) is 0 Å². The summed E-state index contributed by atoms with van der Waals surface area (Å²) in [6.07, 6.45) is 3.09. The minimum Gasteiger partial charge on any atom is -0.434 e. The molecule has 19 heavy (non-hydrogen) atoms. The van der Waals surface area contributed by atoms with Crippen molar-refractivity contribution in [3.05, 3.63) is 28.8 Å². The van der Waals surface area contributed by atoms with Crippen LogP contribution < -0.4 is 10.1 Å². The Morgan fingerprint density at radius 2 is 2.16 bits per heavy atom. The highest BCUT2D eigenvalue weighted by Crippen LogP contribution is 2.24. The first kappa shape index (κ1) is 16.5. The van der Waals surface area contributed by atoms with Crippen LogP contribution in [-0.2, 0) is 6.54 Å². The Kier molecular flexibility index (Phi) is 7.49. The van der Waals surface area contributed by atoms with Gasteiger partial charge >= 0.3 is 6.61 Å². The zero-order valence-corrected chi connectivity index (χ0v) is 12.5. The first-order valence-corrected chi connectivity index (χ1v) is 7.66. The van der Waals surface area contributed by atoms with Gasteiger partial charge < -0.3 is 10.1 Å². The van der Waals surface area contributed by atoms with E-state index in [0.717, 1.165) is 13.0 Å². The van der Waals surface area contributed by atoms with Crippen LogP contribution >= 0.6 is 23.4 Å². The molecule has 1 unspecified atom stereocenters. The van der Waals surface area contributed by atoms with Gasteiger partial charge in [-0.3, -0.25) is 0 Å². The van der Waals surface area contributed by atoms with Gasteiger partial charge in [0, 0.05) is 22.4 Å². The second-order valence-electron chi connectivity index (χ2n) is 4.14. The van der Waals surface area contributed by atoms with E-state index in [1.807, 2.05) is 0 Å². The second-order valence-corrected chi connectivity index (χ2v) is 5.85. The van der Waals surface area contributed by atoms with Gasteiger partial charge in [0.15, 0.2) is 0 Å². The van der Waals surface area contributed by atoms with Gasteiger partial charge in [0.1, 0.15) is 5.75 Å². The Labute approximate surface area is 121 Å². The monoisotopic (exact) mass is 309 g/mol. The second kappa shape index (κ2) is 8.61. The smallest absolute Gasteiger partial charge is 0.387 e. The molecule has 1 rings (SSSR count). The van der Waals surface area contributed by atoms with E-state index in [1.165, 1.54) is 6.07 Å². The van der Waals surface area contributed by atoms with E-state index < -0.39 is 6.61 Å². The average Bonchev–Trinajstić information content (AvgIpc) is 2.36. The van der Waals surface area contributed by atoms with E-state index in [-0.39, 0.29) is 5.75 Å². The van der Waals surface area contributed by atoms with Crippen LogP contribution in [0, 0.1) is 0 Å². The summed E-state index contributed by atoms with van der Waals surface area (Å²) in [5.41, 5.74) is 0.643. The number of halogens is 3. The molecule has 0 bridgehead atoms. The average molecular weight is 310 g/mol. The maximum Gasteiger partial charge on any atom is 0.387 e. The highest BCUT2D eigenvalue weighted by atomic mass is 35.5. The third kappa shape index (κ3) is 6.45. The fourth-order valence-corrected chi connectivity index (χ4v) is 2.09.